The summed E-state index contributed by atoms with van der Waals surface area (Å²) in [6.45, 7) is 3.44. The molecule has 1 atom stereocenters. The molecule has 0 spiro atoms. The molecule has 132 valence electrons. The lowest BCUT2D eigenvalue weighted by molar-refractivity contribution is -0.128. The molecule has 2 N–H and O–H groups in total. The van der Waals surface area contributed by atoms with E-state index in [-0.39, 0.29) is 5.91 Å². The smallest absolute Gasteiger partial charge is 0.225 e. The third-order valence-electron chi connectivity index (χ3n) is 4.92. The second-order valence-corrected chi connectivity index (χ2v) is 6.74. The molecule has 3 rings (SSSR count). The molecule has 0 radical (unpaired) electrons. The Kier molecular flexibility index (Phi) is 5.21. The largest absolute Gasteiger partial charge is 0.369 e. The number of hydrogen-bond acceptors (Lipinski definition) is 6. The lowest BCUT2D eigenvalue weighted by atomic mass is 9.75. The van der Waals surface area contributed by atoms with Crippen molar-refractivity contribution in [3.63, 3.8) is 0 Å². The topological polar surface area (TPSA) is 97.9 Å². The van der Waals surface area contributed by atoms with Gasteiger partial charge >= 0.3 is 0 Å². The van der Waals surface area contributed by atoms with Gasteiger partial charge in [-0.3, -0.25) is 14.8 Å². The van der Waals surface area contributed by atoms with Gasteiger partial charge in [-0.2, -0.15) is 0 Å². The van der Waals surface area contributed by atoms with Crippen molar-refractivity contribution < 1.29 is 4.79 Å². The zero-order valence-corrected chi connectivity index (χ0v) is 14.6. The molecule has 2 aromatic heterocycles. The molecular formula is C18H24N6O. The minimum Gasteiger partial charge on any atom is -0.369 e. The zero-order valence-electron chi connectivity index (χ0n) is 14.6. The molecule has 7 heteroatoms. The average Bonchev–Trinajstić information content (AvgIpc) is 2.63. The van der Waals surface area contributed by atoms with Crippen molar-refractivity contribution in [3.05, 3.63) is 42.4 Å². The first-order valence-corrected chi connectivity index (χ1v) is 8.67. The van der Waals surface area contributed by atoms with E-state index in [1.54, 1.807) is 24.9 Å². The summed E-state index contributed by atoms with van der Waals surface area (Å²) in [6, 6.07) is 1.95. The maximum atomic E-state index is 12.3. The number of nitrogens with zero attached hydrogens (tertiary/aromatic N) is 5. The van der Waals surface area contributed by atoms with Crippen molar-refractivity contribution >= 4 is 11.7 Å². The van der Waals surface area contributed by atoms with Gasteiger partial charge in [0.15, 0.2) is 0 Å². The highest BCUT2D eigenvalue weighted by atomic mass is 16.1. The number of piperidine rings is 1. The predicted molar refractivity (Wildman–Crippen MR) is 94.8 cm³/mol. The van der Waals surface area contributed by atoms with Gasteiger partial charge < -0.3 is 10.6 Å². The summed E-state index contributed by atoms with van der Waals surface area (Å²) in [4.78, 5) is 31.3. The van der Waals surface area contributed by atoms with Crippen LogP contribution in [0.5, 0.6) is 0 Å². The number of amides is 1. The lowest BCUT2D eigenvalue weighted by Crippen LogP contribution is -2.51. The fourth-order valence-corrected chi connectivity index (χ4v) is 3.54. The number of primary amides is 1. The third-order valence-corrected chi connectivity index (χ3v) is 4.92. The standard InChI is InChI=1S/C18H24N6O/c1-14-10-16(23-13-22-14)24-9-3-6-18(12-24,17(19)25)5-2-4-15-11-20-7-8-21-15/h7-8,10-11,13H,2-6,9,12H2,1H3,(H2,19,25)/t18-/m1/s1. The Balaban J connectivity index is 1.69. The number of anilines is 1. The first-order valence-electron chi connectivity index (χ1n) is 8.67. The molecule has 0 aliphatic carbocycles. The summed E-state index contributed by atoms with van der Waals surface area (Å²) in [7, 11) is 0. The normalized spacial score (nSPS) is 20.4. The number of carbonyl (C=O) groups is 1. The van der Waals surface area contributed by atoms with E-state index < -0.39 is 5.41 Å². The molecule has 25 heavy (non-hydrogen) atoms. The molecule has 3 heterocycles. The Labute approximate surface area is 147 Å². The first-order chi connectivity index (χ1) is 12.1. The van der Waals surface area contributed by atoms with Gasteiger partial charge in [0.2, 0.25) is 5.91 Å². The van der Waals surface area contributed by atoms with E-state index >= 15 is 0 Å². The maximum Gasteiger partial charge on any atom is 0.225 e. The van der Waals surface area contributed by atoms with Gasteiger partial charge in [0.1, 0.15) is 12.1 Å². The van der Waals surface area contributed by atoms with Crippen molar-refractivity contribution in [2.75, 3.05) is 18.0 Å². The van der Waals surface area contributed by atoms with Crippen LogP contribution in [0.25, 0.3) is 0 Å². The van der Waals surface area contributed by atoms with E-state index in [0.29, 0.717) is 6.54 Å². The molecule has 1 amide bonds. The highest BCUT2D eigenvalue weighted by Crippen LogP contribution is 2.36. The van der Waals surface area contributed by atoms with Gasteiger partial charge in [-0.25, -0.2) is 9.97 Å². The van der Waals surface area contributed by atoms with Crippen molar-refractivity contribution in [2.24, 2.45) is 11.1 Å². The van der Waals surface area contributed by atoms with Gasteiger partial charge in [-0.15, -0.1) is 0 Å². The van der Waals surface area contributed by atoms with Gasteiger partial charge in [0.25, 0.3) is 0 Å². The number of hydrogen-bond donors (Lipinski definition) is 1. The summed E-state index contributed by atoms with van der Waals surface area (Å²) in [5.41, 5.74) is 7.18. The van der Waals surface area contributed by atoms with Crippen LogP contribution in [0.1, 0.15) is 37.1 Å². The summed E-state index contributed by atoms with van der Waals surface area (Å²) >= 11 is 0. The third kappa shape index (κ3) is 4.10. The van der Waals surface area contributed by atoms with Crippen LogP contribution in [0.15, 0.2) is 31.0 Å². The van der Waals surface area contributed by atoms with Crippen LogP contribution in [-0.4, -0.2) is 38.9 Å². The van der Waals surface area contributed by atoms with Gasteiger partial charge in [-0.05, 0) is 39.0 Å². The van der Waals surface area contributed by atoms with Gasteiger partial charge in [-0.1, -0.05) is 0 Å². The minimum absolute atomic E-state index is 0.220. The SMILES string of the molecule is Cc1cc(N2CCC[C@@](CCCc3cnccn3)(C(N)=O)C2)ncn1. The summed E-state index contributed by atoms with van der Waals surface area (Å²) < 4.78 is 0. The van der Waals surface area contributed by atoms with Crippen molar-refractivity contribution in [1.82, 2.24) is 19.9 Å². The Bertz CT molecular complexity index is 723. The zero-order chi connectivity index (χ0) is 17.7. The van der Waals surface area contributed by atoms with Crippen LogP contribution in [0, 0.1) is 12.3 Å². The van der Waals surface area contributed by atoms with Crippen LogP contribution in [-0.2, 0) is 11.2 Å². The van der Waals surface area contributed by atoms with E-state index in [2.05, 4.69) is 24.8 Å². The van der Waals surface area contributed by atoms with Crippen molar-refractivity contribution in [3.8, 4) is 0 Å². The van der Waals surface area contributed by atoms with Crippen LogP contribution < -0.4 is 10.6 Å². The molecule has 1 fully saturated rings. The first kappa shape index (κ1) is 17.3. The Morgan fingerprint density at radius 3 is 2.92 bits per heavy atom. The number of nitrogens with two attached hydrogens (primary N) is 1. The summed E-state index contributed by atoms with van der Waals surface area (Å²) in [6.07, 6.45) is 10.9. The maximum absolute atomic E-state index is 12.3. The van der Waals surface area contributed by atoms with E-state index in [1.807, 2.05) is 13.0 Å². The number of aromatic nitrogens is 4. The Hall–Kier alpha value is -2.57. The Morgan fingerprint density at radius 1 is 1.32 bits per heavy atom. The van der Waals surface area contributed by atoms with Crippen LogP contribution in [0.3, 0.4) is 0 Å². The molecule has 0 bridgehead atoms. The van der Waals surface area contributed by atoms with Gasteiger partial charge in [0, 0.05) is 43.4 Å². The van der Waals surface area contributed by atoms with Crippen LogP contribution >= 0.6 is 0 Å². The minimum atomic E-state index is -0.515. The molecule has 0 saturated carbocycles. The molecule has 1 aliphatic heterocycles. The quantitative estimate of drug-likeness (QED) is 0.859. The number of carbonyl (C=O) groups excluding carboxylic acids is 1. The van der Waals surface area contributed by atoms with Gasteiger partial charge in [0.05, 0.1) is 11.1 Å². The number of aryl methyl sites for hydroxylation is 2. The van der Waals surface area contributed by atoms with Crippen LogP contribution in [0.2, 0.25) is 0 Å². The molecule has 7 nitrogen and oxygen atoms in total. The molecular weight excluding hydrogens is 316 g/mol. The molecule has 0 unspecified atom stereocenters. The summed E-state index contributed by atoms with van der Waals surface area (Å²) in [5, 5.41) is 0. The molecule has 2 aromatic rings. The predicted octanol–water partition coefficient (Wildman–Crippen LogP) is 1.67. The summed E-state index contributed by atoms with van der Waals surface area (Å²) in [5.74, 6) is 0.647. The highest BCUT2D eigenvalue weighted by Gasteiger charge is 2.40. The molecule has 0 aromatic carbocycles. The van der Waals surface area contributed by atoms with E-state index in [9.17, 15) is 4.79 Å². The van der Waals surface area contributed by atoms with Crippen molar-refractivity contribution in [2.45, 2.75) is 39.0 Å². The van der Waals surface area contributed by atoms with E-state index in [4.69, 9.17) is 5.73 Å². The van der Waals surface area contributed by atoms with E-state index in [0.717, 1.165) is 55.9 Å². The molecule has 1 aliphatic rings. The lowest BCUT2D eigenvalue weighted by Gasteiger charge is -2.41. The van der Waals surface area contributed by atoms with Crippen molar-refractivity contribution in [1.29, 1.82) is 0 Å². The number of rotatable bonds is 6. The monoisotopic (exact) mass is 340 g/mol. The second kappa shape index (κ2) is 7.55. The fraction of sp³-hybridized carbons (Fsp3) is 0.500. The highest BCUT2D eigenvalue weighted by molar-refractivity contribution is 5.81. The van der Waals surface area contributed by atoms with E-state index in [1.165, 1.54) is 0 Å². The average molecular weight is 340 g/mol. The molecule has 1 saturated heterocycles. The van der Waals surface area contributed by atoms with Crippen LogP contribution in [0.4, 0.5) is 5.82 Å². The fourth-order valence-electron chi connectivity index (χ4n) is 3.54. The second-order valence-electron chi connectivity index (χ2n) is 6.74. The Morgan fingerprint density at radius 2 is 2.20 bits per heavy atom.